The number of carbonyl (C=O) groups is 2. The van der Waals surface area contributed by atoms with Crippen molar-refractivity contribution in [2.75, 3.05) is 7.11 Å². The van der Waals surface area contributed by atoms with Gasteiger partial charge in [-0.15, -0.1) is 0 Å². The van der Waals surface area contributed by atoms with E-state index in [1.807, 2.05) is 27.7 Å². The van der Waals surface area contributed by atoms with E-state index in [1.54, 1.807) is 18.2 Å². The SMILES string of the molecule is COC(=O)c1ccc(C(C)=O)c(B2OC(C)(C)C(C)(C)O2)c1. The Labute approximate surface area is 131 Å². The maximum atomic E-state index is 11.9. The molecule has 6 heteroatoms. The Bertz CT molecular complexity index is 605. The number of ether oxygens (including phenoxy) is 1. The fourth-order valence-corrected chi connectivity index (χ4v) is 2.29. The second-order valence-corrected chi connectivity index (χ2v) is 6.44. The summed E-state index contributed by atoms with van der Waals surface area (Å²) in [5, 5.41) is 0. The molecule has 0 unspecified atom stereocenters. The van der Waals surface area contributed by atoms with Gasteiger partial charge < -0.3 is 14.0 Å². The zero-order valence-electron chi connectivity index (χ0n) is 13.9. The lowest BCUT2D eigenvalue weighted by atomic mass is 9.74. The molecule has 1 heterocycles. The predicted molar refractivity (Wildman–Crippen MR) is 83.5 cm³/mol. The van der Waals surface area contributed by atoms with Crippen molar-refractivity contribution in [3.05, 3.63) is 29.3 Å². The van der Waals surface area contributed by atoms with Crippen LogP contribution in [-0.4, -0.2) is 37.2 Å². The first-order valence-electron chi connectivity index (χ1n) is 7.18. The number of benzene rings is 1. The normalized spacial score (nSPS) is 19.1. The van der Waals surface area contributed by atoms with E-state index in [1.165, 1.54) is 14.0 Å². The average molecular weight is 304 g/mol. The summed E-state index contributed by atoms with van der Waals surface area (Å²) in [7, 11) is 0.615. The summed E-state index contributed by atoms with van der Waals surface area (Å²) < 4.78 is 16.7. The molecule has 22 heavy (non-hydrogen) atoms. The molecule has 1 aromatic rings. The van der Waals surface area contributed by atoms with Crippen LogP contribution in [0.2, 0.25) is 0 Å². The molecule has 2 rings (SSSR count). The number of rotatable bonds is 3. The summed E-state index contributed by atoms with van der Waals surface area (Å²) in [4.78, 5) is 23.6. The van der Waals surface area contributed by atoms with Gasteiger partial charge in [0.1, 0.15) is 0 Å². The van der Waals surface area contributed by atoms with Crippen LogP contribution < -0.4 is 5.46 Å². The van der Waals surface area contributed by atoms with E-state index in [9.17, 15) is 9.59 Å². The Kier molecular flexibility index (Phi) is 4.19. The maximum Gasteiger partial charge on any atom is 0.495 e. The van der Waals surface area contributed by atoms with Gasteiger partial charge in [-0.1, -0.05) is 6.07 Å². The van der Waals surface area contributed by atoms with E-state index in [-0.39, 0.29) is 5.78 Å². The Morgan fingerprint density at radius 3 is 2.09 bits per heavy atom. The molecule has 1 saturated heterocycles. The van der Waals surface area contributed by atoms with E-state index in [0.29, 0.717) is 16.6 Å². The zero-order chi connectivity index (χ0) is 16.7. The number of methoxy groups -OCH3 is 1. The molecule has 1 aromatic carbocycles. The van der Waals surface area contributed by atoms with Crippen molar-refractivity contribution >= 4 is 24.3 Å². The van der Waals surface area contributed by atoms with Gasteiger partial charge in [0, 0.05) is 5.56 Å². The van der Waals surface area contributed by atoms with Gasteiger partial charge in [-0.25, -0.2) is 4.79 Å². The van der Waals surface area contributed by atoms with Gasteiger partial charge in [0.05, 0.1) is 23.9 Å². The predicted octanol–water partition coefficient (Wildman–Crippen LogP) is 1.97. The molecule has 0 N–H and O–H groups in total. The lowest BCUT2D eigenvalue weighted by Gasteiger charge is -2.32. The maximum absolute atomic E-state index is 11.9. The topological polar surface area (TPSA) is 61.8 Å². The summed E-state index contributed by atoms with van der Waals surface area (Å²) in [5.74, 6) is -0.575. The van der Waals surface area contributed by atoms with Crippen LogP contribution in [0.3, 0.4) is 0 Å². The minimum atomic E-state index is -0.700. The van der Waals surface area contributed by atoms with Gasteiger partial charge in [0.25, 0.3) is 0 Å². The number of hydrogen-bond acceptors (Lipinski definition) is 5. The largest absolute Gasteiger partial charge is 0.495 e. The van der Waals surface area contributed by atoms with Crippen LogP contribution in [-0.2, 0) is 14.0 Å². The van der Waals surface area contributed by atoms with Gasteiger partial charge in [-0.2, -0.15) is 0 Å². The molecule has 0 amide bonds. The van der Waals surface area contributed by atoms with Crippen molar-refractivity contribution in [3.63, 3.8) is 0 Å². The molecular weight excluding hydrogens is 283 g/mol. The van der Waals surface area contributed by atoms with Crippen LogP contribution in [0, 0.1) is 0 Å². The Morgan fingerprint density at radius 2 is 1.64 bits per heavy atom. The molecule has 0 radical (unpaired) electrons. The first kappa shape index (κ1) is 16.7. The van der Waals surface area contributed by atoms with Crippen molar-refractivity contribution in [1.29, 1.82) is 0 Å². The number of ketones is 1. The van der Waals surface area contributed by atoms with Crippen molar-refractivity contribution in [1.82, 2.24) is 0 Å². The lowest BCUT2D eigenvalue weighted by Crippen LogP contribution is -2.41. The fourth-order valence-electron chi connectivity index (χ4n) is 2.29. The molecule has 0 saturated carbocycles. The summed E-state index contributed by atoms with van der Waals surface area (Å²) in [6, 6.07) is 4.77. The van der Waals surface area contributed by atoms with Crippen LogP contribution in [0.5, 0.6) is 0 Å². The first-order chi connectivity index (χ1) is 10.1. The number of Topliss-reactive ketones (excluding diaryl/α,β-unsaturated/α-hetero) is 1. The van der Waals surface area contributed by atoms with Crippen LogP contribution in [0.4, 0.5) is 0 Å². The lowest BCUT2D eigenvalue weighted by molar-refractivity contribution is 0.00578. The second-order valence-electron chi connectivity index (χ2n) is 6.44. The molecule has 0 spiro atoms. The monoisotopic (exact) mass is 304 g/mol. The van der Waals surface area contributed by atoms with Gasteiger partial charge in [0.15, 0.2) is 5.78 Å². The highest BCUT2D eigenvalue weighted by Gasteiger charge is 2.52. The highest BCUT2D eigenvalue weighted by atomic mass is 16.7. The van der Waals surface area contributed by atoms with Crippen LogP contribution >= 0.6 is 0 Å². The van der Waals surface area contributed by atoms with Crippen molar-refractivity contribution in [2.45, 2.75) is 45.8 Å². The minimum Gasteiger partial charge on any atom is -0.465 e. The smallest absolute Gasteiger partial charge is 0.465 e. The Balaban J connectivity index is 2.49. The van der Waals surface area contributed by atoms with E-state index >= 15 is 0 Å². The number of esters is 1. The van der Waals surface area contributed by atoms with E-state index in [4.69, 9.17) is 14.0 Å². The molecular formula is C16H21BO5. The number of carbonyl (C=O) groups excluding carboxylic acids is 2. The first-order valence-corrected chi connectivity index (χ1v) is 7.18. The van der Waals surface area contributed by atoms with Gasteiger partial charge in [-0.3, -0.25) is 4.79 Å². The zero-order valence-corrected chi connectivity index (χ0v) is 13.9. The summed E-state index contributed by atoms with van der Waals surface area (Å²) in [5.41, 5.74) is 0.345. The minimum absolute atomic E-state index is 0.110. The van der Waals surface area contributed by atoms with Gasteiger partial charge in [0.2, 0.25) is 0 Å². The van der Waals surface area contributed by atoms with E-state index < -0.39 is 24.3 Å². The van der Waals surface area contributed by atoms with E-state index in [0.717, 1.165) is 0 Å². The molecule has 0 aliphatic carbocycles. The third-order valence-corrected chi connectivity index (χ3v) is 4.36. The van der Waals surface area contributed by atoms with Crippen molar-refractivity contribution in [2.24, 2.45) is 0 Å². The average Bonchev–Trinajstić information content (AvgIpc) is 2.65. The van der Waals surface area contributed by atoms with Crippen LogP contribution in [0.15, 0.2) is 18.2 Å². The Hall–Kier alpha value is -1.66. The molecule has 5 nitrogen and oxygen atoms in total. The second kappa shape index (κ2) is 5.52. The van der Waals surface area contributed by atoms with Crippen LogP contribution in [0.1, 0.15) is 55.3 Å². The highest BCUT2D eigenvalue weighted by Crippen LogP contribution is 2.36. The summed E-state index contributed by atoms with van der Waals surface area (Å²) in [6.45, 7) is 9.21. The molecule has 118 valence electrons. The van der Waals surface area contributed by atoms with E-state index in [2.05, 4.69) is 0 Å². The molecule has 0 aromatic heterocycles. The van der Waals surface area contributed by atoms with Crippen molar-refractivity contribution < 1.29 is 23.6 Å². The highest BCUT2D eigenvalue weighted by molar-refractivity contribution is 6.63. The quantitative estimate of drug-likeness (QED) is 0.485. The van der Waals surface area contributed by atoms with Crippen LogP contribution in [0.25, 0.3) is 0 Å². The fraction of sp³-hybridized carbons (Fsp3) is 0.500. The molecule has 1 fully saturated rings. The number of hydrogen-bond donors (Lipinski definition) is 0. The third kappa shape index (κ3) is 2.81. The molecule has 1 aliphatic rings. The third-order valence-electron chi connectivity index (χ3n) is 4.36. The molecule has 0 atom stereocenters. The molecule has 0 bridgehead atoms. The van der Waals surface area contributed by atoms with Gasteiger partial charge >= 0.3 is 13.1 Å². The summed E-state index contributed by atoms with van der Waals surface area (Å²) >= 11 is 0. The standard InChI is InChI=1S/C16H21BO5/c1-10(18)12-8-7-11(14(19)20-6)9-13(12)17-21-15(2,3)16(4,5)22-17/h7-9H,1-6H3. The van der Waals surface area contributed by atoms with Crippen molar-refractivity contribution in [3.8, 4) is 0 Å². The Morgan fingerprint density at radius 1 is 1.09 bits per heavy atom. The summed E-state index contributed by atoms with van der Waals surface area (Å²) in [6.07, 6.45) is 0. The molecule has 1 aliphatic heterocycles. The van der Waals surface area contributed by atoms with Gasteiger partial charge in [-0.05, 0) is 52.2 Å².